The summed E-state index contributed by atoms with van der Waals surface area (Å²) >= 11 is 6.10. The number of halogens is 3. The number of ether oxygens (including phenoxy) is 1. The average molecular weight is 354 g/mol. The number of benzene rings is 2. The zero-order chi connectivity index (χ0) is 17.3. The van der Waals surface area contributed by atoms with Gasteiger partial charge in [-0.25, -0.2) is 13.6 Å². The van der Waals surface area contributed by atoms with Crippen LogP contribution in [0.15, 0.2) is 42.5 Å². The van der Waals surface area contributed by atoms with Crippen LogP contribution in [0.2, 0.25) is 5.02 Å². The zero-order valence-electron chi connectivity index (χ0n) is 12.4. The third-order valence-corrected chi connectivity index (χ3v) is 4.08. The van der Waals surface area contributed by atoms with Crippen molar-refractivity contribution in [1.82, 2.24) is 0 Å². The van der Waals surface area contributed by atoms with E-state index in [1.165, 1.54) is 6.07 Å². The summed E-state index contributed by atoms with van der Waals surface area (Å²) in [6.07, 6.45) is -0.192. The van der Waals surface area contributed by atoms with E-state index in [-0.39, 0.29) is 29.4 Å². The van der Waals surface area contributed by atoms with Crippen LogP contribution in [0.3, 0.4) is 0 Å². The van der Waals surface area contributed by atoms with E-state index in [2.05, 4.69) is 5.32 Å². The standard InChI is InChI=1S/C17H14ClF2NO3/c18-12-5-3-7-14(15(12)24-9-10-8-17(10,19)20)21-13-6-2-1-4-11(13)16(22)23/h1-7,10,21H,8-9H2,(H,22,23). The van der Waals surface area contributed by atoms with E-state index in [1.54, 1.807) is 36.4 Å². The molecule has 1 aliphatic rings. The Morgan fingerprint density at radius 3 is 2.58 bits per heavy atom. The van der Waals surface area contributed by atoms with Crippen LogP contribution in [-0.2, 0) is 0 Å². The summed E-state index contributed by atoms with van der Waals surface area (Å²) in [5.41, 5.74) is 0.853. The summed E-state index contributed by atoms with van der Waals surface area (Å²) in [6, 6.07) is 11.2. The van der Waals surface area contributed by atoms with Gasteiger partial charge in [-0.05, 0) is 24.3 Å². The first-order valence-electron chi connectivity index (χ1n) is 7.27. The molecule has 0 saturated heterocycles. The molecule has 0 radical (unpaired) electrons. The number of carboxylic acids is 1. The Balaban J connectivity index is 1.83. The fourth-order valence-electron chi connectivity index (χ4n) is 2.31. The Morgan fingerprint density at radius 2 is 1.92 bits per heavy atom. The van der Waals surface area contributed by atoms with Crippen LogP contribution in [0, 0.1) is 5.92 Å². The van der Waals surface area contributed by atoms with Gasteiger partial charge in [0.1, 0.15) is 0 Å². The molecule has 126 valence electrons. The molecule has 1 aliphatic carbocycles. The molecule has 7 heteroatoms. The number of hydrogen-bond acceptors (Lipinski definition) is 3. The van der Waals surface area contributed by atoms with Crippen LogP contribution in [0.1, 0.15) is 16.8 Å². The number of aromatic carboxylic acids is 1. The van der Waals surface area contributed by atoms with Crippen molar-refractivity contribution >= 4 is 28.9 Å². The molecule has 1 unspecified atom stereocenters. The highest BCUT2D eigenvalue weighted by Gasteiger charge is 2.57. The highest BCUT2D eigenvalue weighted by molar-refractivity contribution is 6.32. The van der Waals surface area contributed by atoms with Crippen molar-refractivity contribution < 1.29 is 23.4 Å². The summed E-state index contributed by atoms with van der Waals surface area (Å²) in [4.78, 5) is 11.3. The minimum atomic E-state index is -2.68. The van der Waals surface area contributed by atoms with E-state index >= 15 is 0 Å². The SMILES string of the molecule is O=C(O)c1ccccc1Nc1cccc(Cl)c1OCC1CC1(F)F. The van der Waals surface area contributed by atoms with E-state index in [1.807, 2.05) is 0 Å². The molecule has 0 amide bonds. The summed E-state index contributed by atoms with van der Waals surface area (Å²) < 4.78 is 31.5. The van der Waals surface area contributed by atoms with Gasteiger partial charge in [-0.3, -0.25) is 0 Å². The first kappa shape index (κ1) is 16.5. The molecule has 0 bridgehead atoms. The fraction of sp³-hybridized carbons (Fsp3) is 0.235. The van der Waals surface area contributed by atoms with Gasteiger partial charge in [0.15, 0.2) is 5.75 Å². The van der Waals surface area contributed by atoms with E-state index in [0.717, 1.165) is 0 Å². The molecule has 3 rings (SSSR count). The maximum atomic E-state index is 13.0. The first-order valence-corrected chi connectivity index (χ1v) is 7.65. The third kappa shape index (κ3) is 3.43. The molecule has 2 aromatic carbocycles. The van der Waals surface area contributed by atoms with E-state index < -0.39 is 17.8 Å². The number of rotatable bonds is 6. The number of carboxylic acid groups (broad SMARTS) is 1. The Kier molecular flexibility index (Phi) is 4.32. The lowest BCUT2D eigenvalue weighted by Crippen LogP contribution is -2.08. The van der Waals surface area contributed by atoms with Crippen LogP contribution in [-0.4, -0.2) is 23.6 Å². The van der Waals surface area contributed by atoms with Gasteiger partial charge in [0.25, 0.3) is 5.92 Å². The van der Waals surface area contributed by atoms with Crippen molar-refractivity contribution in [3.8, 4) is 5.75 Å². The Morgan fingerprint density at radius 1 is 1.25 bits per heavy atom. The molecular formula is C17H14ClF2NO3. The van der Waals surface area contributed by atoms with Crippen LogP contribution < -0.4 is 10.1 Å². The van der Waals surface area contributed by atoms with Gasteiger partial charge in [0.2, 0.25) is 0 Å². The van der Waals surface area contributed by atoms with Gasteiger partial charge in [0, 0.05) is 6.42 Å². The molecule has 4 nitrogen and oxygen atoms in total. The second-order valence-electron chi connectivity index (χ2n) is 5.57. The fourth-order valence-corrected chi connectivity index (χ4v) is 2.54. The van der Waals surface area contributed by atoms with Crippen molar-refractivity contribution in [3.05, 3.63) is 53.1 Å². The second kappa shape index (κ2) is 6.28. The Labute approximate surface area is 142 Å². The normalized spacial score (nSPS) is 18.0. The first-order chi connectivity index (χ1) is 11.4. The number of hydrogen-bond donors (Lipinski definition) is 2. The summed E-state index contributed by atoms with van der Waals surface area (Å²) in [5.74, 6) is -4.35. The molecule has 1 fully saturated rings. The van der Waals surface area contributed by atoms with E-state index in [9.17, 15) is 18.7 Å². The molecule has 0 aliphatic heterocycles. The minimum absolute atomic E-state index is 0.0807. The average Bonchev–Trinajstić information content (AvgIpc) is 3.14. The number of alkyl halides is 2. The lowest BCUT2D eigenvalue weighted by molar-refractivity contribution is 0.0697. The van der Waals surface area contributed by atoms with Crippen molar-refractivity contribution in [3.63, 3.8) is 0 Å². The number of para-hydroxylation sites is 2. The monoisotopic (exact) mass is 353 g/mol. The number of nitrogens with one attached hydrogen (secondary N) is 1. The quantitative estimate of drug-likeness (QED) is 0.782. The predicted octanol–water partition coefficient (Wildman–Crippen LogP) is 4.82. The van der Waals surface area contributed by atoms with Crippen molar-refractivity contribution in [1.29, 1.82) is 0 Å². The van der Waals surface area contributed by atoms with Gasteiger partial charge in [-0.15, -0.1) is 0 Å². The second-order valence-corrected chi connectivity index (χ2v) is 5.97. The van der Waals surface area contributed by atoms with Crippen LogP contribution in [0.5, 0.6) is 5.75 Å². The highest BCUT2D eigenvalue weighted by Crippen LogP contribution is 2.49. The molecule has 1 atom stereocenters. The summed E-state index contributed by atoms with van der Waals surface area (Å²) in [5, 5.41) is 12.4. The van der Waals surface area contributed by atoms with Crippen LogP contribution >= 0.6 is 11.6 Å². The van der Waals surface area contributed by atoms with Crippen molar-refractivity contribution in [2.75, 3.05) is 11.9 Å². The van der Waals surface area contributed by atoms with Gasteiger partial charge in [-0.2, -0.15) is 0 Å². The molecule has 2 N–H and O–H groups in total. The van der Waals surface area contributed by atoms with Gasteiger partial charge in [0.05, 0.1) is 34.5 Å². The highest BCUT2D eigenvalue weighted by atomic mass is 35.5. The van der Waals surface area contributed by atoms with Gasteiger partial charge < -0.3 is 15.2 Å². The maximum Gasteiger partial charge on any atom is 0.337 e. The summed E-state index contributed by atoms with van der Waals surface area (Å²) in [6.45, 7) is -0.147. The molecule has 0 spiro atoms. The minimum Gasteiger partial charge on any atom is -0.489 e. The lowest BCUT2D eigenvalue weighted by Gasteiger charge is -2.15. The van der Waals surface area contributed by atoms with Gasteiger partial charge >= 0.3 is 5.97 Å². The molecule has 0 aromatic heterocycles. The molecular weight excluding hydrogens is 340 g/mol. The van der Waals surface area contributed by atoms with Crippen LogP contribution in [0.4, 0.5) is 20.2 Å². The van der Waals surface area contributed by atoms with Gasteiger partial charge in [-0.1, -0.05) is 29.8 Å². The largest absolute Gasteiger partial charge is 0.489 e. The maximum absolute atomic E-state index is 13.0. The number of carbonyl (C=O) groups is 1. The number of anilines is 2. The van der Waals surface area contributed by atoms with Crippen LogP contribution in [0.25, 0.3) is 0 Å². The van der Waals surface area contributed by atoms with E-state index in [4.69, 9.17) is 16.3 Å². The smallest absolute Gasteiger partial charge is 0.337 e. The summed E-state index contributed by atoms with van der Waals surface area (Å²) in [7, 11) is 0. The topological polar surface area (TPSA) is 58.6 Å². The Bertz CT molecular complexity index is 782. The molecule has 1 saturated carbocycles. The van der Waals surface area contributed by atoms with E-state index in [0.29, 0.717) is 11.4 Å². The Hall–Kier alpha value is -2.34. The zero-order valence-corrected chi connectivity index (χ0v) is 13.2. The molecule has 0 heterocycles. The molecule has 2 aromatic rings. The lowest BCUT2D eigenvalue weighted by atomic mass is 10.1. The van der Waals surface area contributed by atoms with Crippen molar-refractivity contribution in [2.24, 2.45) is 5.92 Å². The third-order valence-electron chi connectivity index (χ3n) is 3.78. The molecule has 24 heavy (non-hydrogen) atoms. The predicted molar refractivity (Wildman–Crippen MR) is 86.7 cm³/mol. The van der Waals surface area contributed by atoms with Crippen molar-refractivity contribution in [2.45, 2.75) is 12.3 Å².